The monoisotopic (exact) mass is 335 g/mol. The number of aryl methyl sites for hydroxylation is 1. The molecule has 3 rings (SSSR count). The van der Waals surface area contributed by atoms with Gasteiger partial charge in [0.2, 0.25) is 5.82 Å². The SMILES string of the molecule is COC(=O)c1nc(SC)c2c(C)nn(CCN3CCCC3)c2n1. The molecule has 0 radical (unpaired) electrons. The van der Waals surface area contributed by atoms with E-state index in [1.54, 1.807) is 0 Å². The first-order valence-electron chi connectivity index (χ1n) is 7.74. The lowest BCUT2D eigenvalue weighted by Gasteiger charge is -2.14. The summed E-state index contributed by atoms with van der Waals surface area (Å²) in [6, 6.07) is 0. The van der Waals surface area contributed by atoms with Gasteiger partial charge < -0.3 is 9.64 Å². The topological polar surface area (TPSA) is 73.1 Å². The van der Waals surface area contributed by atoms with Gasteiger partial charge in [-0.25, -0.2) is 19.4 Å². The van der Waals surface area contributed by atoms with Crippen LogP contribution in [0.25, 0.3) is 11.0 Å². The fourth-order valence-electron chi connectivity index (χ4n) is 2.94. The maximum atomic E-state index is 11.8. The summed E-state index contributed by atoms with van der Waals surface area (Å²) in [5, 5.41) is 6.29. The van der Waals surface area contributed by atoms with Crippen LogP contribution in [0.15, 0.2) is 5.03 Å². The predicted molar refractivity (Wildman–Crippen MR) is 88.9 cm³/mol. The number of carbonyl (C=O) groups is 1. The van der Waals surface area contributed by atoms with Crippen LogP contribution in [0.4, 0.5) is 0 Å². The summed E-state index contributed by atoms with van der Waals surface area (Å²) in [5.74, 6) is -0.432. The van der Waals surface area contributed by atoms with Gasteiger partial charge in [-0.05, 0) is 39.1 Å². The van der Waals surface area contributed by atoms with Crippen molar-refractivity contribution >= 4 is 28.8 Å². The van der Waals surface area contributed by atoms with Crippen molar-refractivity contribution in [2.75, 3.05) is 33.0 Å². The van der Waals surface area contributed by atoms with E-state index >= 15 is 0 Å². The molecule has 1 saturated heterocycles. The number of thioether (sulfide) groups is 1. The van der Waals surface area contributed by atoms with Crippen LogP contribution in [-0.2, 0) is 11.3 Å². The zero-order valence-electron chi connectivity index (χ0n) is 13.7. The number of nitrogens with zero attached hydrogens (tertiary/aromatic N) is 5. The van der Waals surface area contributed by atoms with Gasteiger partial charge in [0.05, 0.1) is 24.7 Å². The zero-order chi connectivity index (χ0) is 16.4. The Labute approximate surface area is 139 Å². The molecular formula is C15H21N5O2S. The molecule has 0 atom stereocenters. The normalized spacial score (nSPS) is 15.4. The first kappa shape index (κ1) is 16.2. The Morgan fingerprint density at radius 3 is 2.65 bits per heavy atom. The molecule has 23 heavy (non-hydrogen) atoms. The minimum absolute atomic E-state index is 0.0895. The second kappa shape index (κ2) is 6.84. The molecule has 1 aliphatic heterocycles. The van der Waals surface area contributed by atoms with Crippen molar-refractivity contribution in [3.05, 3.63) is 11.5 Å². The Morgan fingerprint density at radius 1 is 1.26 bits per heavy atom. The average Bonchev–Trinajstić information content (AvgIpc) is 3.19. The van der Waals surface area contributed by atoms with Crippen molar-refractivity contribution in [1.82, 2.24) is 24.6 Å². The number of carbonyl (C=O) groups excluding carboxylic acids is 1. The minimum Gasteiger partial charge on any atom is -0.463 e. The number of ether oxygens (including phenoxy) is 1. The van der Waals surface area contributed by atoms with E-state index in [0.717, 1.165) is 42.3 Å². The molecule has 0 bridgehead atoms. The summed E-state index contributed by atoms with van der Waals surface area (Å²) >= 11 is 1.49. The number of methoxy groups -OCH3 is 1. The van der Waals surface area contributed by atoms with E-state index in [9.17, 15) is 4.79 Å². The van der Waals surface area contributed by atoms with Gasteiger partial charge in [-0.2, -0.15) is 5.10 Å². The van der Waals surface area contributed by atoms with Gasteiger partial charge in [-0.1, -0.05) is 0 Å². The number of hydrogen-bond donors (Lipinski definition) is 0. The van der Waals surface area contributed by atoms with Crippen LogP contribution in [0.2, 0.25) is 0 Å². The van der Waals surface area contributed by atoms with Crippen LogP contribution >= 0.6 is 11.8 Å². The van der Waals surface area contributed by atoms with Crippen LogP contribution in [-0.4, -0.2) is 63.6 Å². The Morgan fingerprint density at radius 2 is 2.00 bits per heavy atom. The van der Waals surface area contributed by atoms with Crippen molar-refractivity contribution in [1.29, 1.82) is 0 Å². The molecule has 8 heteroatoms. The van der Waals surface area contributed by atoms with Gasteiger partial charge in [0.15, 0.2) is 5.65 Å². The number of fused-ring (bicyclic) bond motifs is 1. The van der Waals surface area contributed by atoms with E-state index in [-0.39, 0.29) is 5.82 Å². The molecule has 7 nitrogen and oxygen atoms in total. The number of hydrogen-bond acceptors (Lipinski definition) is 7. The molecule has 2 aromatic heterocycles. The third-order valence-electron chi connectivity index (χ3n) is 4.12. The lowest BCUT2D eigenvalue weighted by Crippen LogP contribution is -2.24. The maximum Gasteiger partial charge on any atom is 0.376 e. The second-order valence-electron chi connectivity index (χ2n) is 5.60. The van der Waals surface area contributed by atoms with Crippen LogP contribution in [0.5, 0.6) is 0 Å². The summed E-state index contributed by atoms with van der Waals surface area (Å²) in [4.78, 5) is 23.0. The lowest BCUT2D eigenvalue weighted by molar-refractivity contribution is 0.0586. The van der Waals surface area contributed by atoms with Crippen molar-refractivity contribution < 1.29 is 9.53 Å². The zero-order valence-corrected chi connectivity index (χ0v) is 14.5. The molecule has 124 valence electrons. The van der Waals surface area contributed by atoms with Crippen molar-refractivity contribution in [3.8, 4) is 0 Å². The van der Waals surface area contributed by atoms with Crippen LogP contribution in [0.3, 0.4) is 0 Å². The van der Waals surface area contributed by atoms with Crippen LogP contribution < -0.4 is 0 Å². The van der Waals surface area contributed by atoms with Gasteiger partial charge in [0.1, 0.15) is 5.03 Å². The Hall–Kier alpha value is -1.67. The number of rotatable bonds is 5. The largest absolute Gasteiger partial charge is 0.463 e. The van der Waals surface area contributed by atoms with E-state index in [4.69, 9.17) is 4.74 Å². The number of aromatic nitrogens is 4. The third-order valence-corrected chi connectivity index (χ3v) is 4.80. The molecule has 0 aromatic carbocycles. The fraction of sp³-hybridized carbons (Fsp3) is 0.600. The number of esters is 1. The van der Waals surface area contributed by atoms with E-state index in [1.165, 1.54) is 31.7 Å². The third kappa shape index (κ3) is 3.18. The molecule has 1 aliphatic rings. The minimum atomic E-state index is -0.521. The van der Waals surface area contributed by atoms with Crippen LogP contribution in [0.1, 0.15) is 29.2 Å². The molecule has 2 aromatic rings. The van der Waals surface area contributed by atoms with Gasteiger partial charge in [0, 0.05) is 6.54 Å². The standard InChI is InChI=1S/C15H21N5O2S/c1-10-11-13(16-12(15(21)22-2)17-14(11)23-3)20(18-10)9-8-19-6-4-5-7-19/h4-9H2,1-3H3. The summed E-state index contributed by atoms with van der Waals surface area (Å²) < 4.78 is 6.65. The smallest absolute Gasteiger partial charge is 0.376 e. The van der Waals surface area contributed by atoms with Crippen molar-refractivity contribution in [2.24, 2.45) is 0 Å². The Bertz CT molecular complexity index is 724. The highest BCUT2D eigenvalue weighted by Crippen LogP contribution is 2.26. The molecule has 3 heterocycles. The molecule has 1 fully saturated rings. The average molecular weight is 335 g/mol. The summed E-state index contributed by atoms with van der Waals surface area (Å²) in [7, 11) is 1.34. The molecule has 0 aliphatic carbocycles. The lowest BCUT2D eigenvalue weighted by atomic mass is 10.3. The van der Waals surface area contributed by atoms with Gasteiger partial charge >= 0.3 is 5.97 Å². The molecular weight excluding hydrogens is 314 g/mol. The Kier molecular flexibility index (Phi) is 4.82. The maximum absolute atomic E-state index is 11.8. The van der Waals surface area contributed by atoms with E-state index in [2.05, 4.69) is 20.0 Å². The second-order valence-corrected chi connectivity index (χ2v) is 6.40. The summed E-state index contributed by atoms with van der Waals surface area (Å²) in [6.07, 6.45) is 4.47. The van der Waals surface area contributed by atoms with Gasteiger partial charge in [0.25, 0.3) is 0 Å². The summed E-state index contributed by atoms with van der Waals surface area (Å²) in [5.41, 5.74) is 1.60. The highest BCUT2D eigenvalue weighted by Gasteiger charge is 2.20. The van der Waals surface area contributed by atoms with E-state index in [0.29, 0.717) is 5.65 Å². The van der Waals surface area contributed by atoms with Crippen LogP contribution in [0, 0.1) is 6.92 Å². The Balaban J connectivity index is 1.98. The van der Waals surface area contributed by atoms with E-state index in [1.807, 2.05) is 17.9 Å². The highest BCUT2D eigenvalue weighted by atomic mass is 32.2. The number of likely N-dealkylation sites (tertiary alicyclic amines) is 1. The quantitative estimate of drug-likeness (QED) is 0.468. The first-order valence-corrected chi connectivity index (χ1v) is 8.96. The predicted octanol–water partition coefficient (Wildman–Crippen LogP) is 1.74. The molecule has 0 saturated carbocycles. The first-order chi connectivity index (χ1) is 11.1. The van der Waals surface area contributed by atoms with Crippen molar-refractivity contribution in [2.45, 2.75) is 31.3 Å². The van der Waals surface area contributed by atoms with E-state index < -0.39 is 5.97 Å². The molecule has 0 spiro atoms. The van der Waals surface area contributed by atoms with Gasteiger partial charge in [-0.15, -0.1) is 11.8 Å². The molecule has 0 unspecified atom stereocenters. The highest BCUT2D eigenvalue weighted by molar-refractivity contribution is 7.98. The van der Waals surface area contributed by atoms with Crippen molar-refractivity contribution in [3.63, 3.8) is 0 Å². The molecule has 0 amide bonds. The fourth-order valence-corrected chi connectivity index (χ4v) is 3.56. The van der Waals surface area contributed by atoms with Gasteiger partial charge in [-0.3, -0.25) is 0 Å². The molecule has 0 N–H and O–H groups in total. The summed E-state index contributed by atoms with van der Waals surface area (Å²) in [6.45, 7) is 5.96.